The molecule has 2 nitrogen and oxygen atoms in total. The Morgan fingerprint density at radius 2 is 1.79 bits per heavy atom. The molecule has 1 aromatic heterocycles. The Morgan fingerprint density at radius 1 is 1.11 bits per heavy atom. The third-order valence-electron chi connectivity index (χ3n) is 2.16. The fourth-order valence-corrected chi connectivity index (χ4v) is 1.81. The average molecular weight is 312 g/mol. The summed E-state index contributed by atoms with van der Waals surface area (Å²) in [7, 11) is 0. The quantitative estimate of drug-likeness (QED) is 0.465. The fraction of sp³-hybridized carbons (Fsp3) is 0.182. The lowest BCUT2D eigenvalue weighted by Crippen LogP contribution is -2.32. The van der Waals surface area contributed by atoms with Crippen LogP contribution in [-0.4, -0.2) is 15.6 Å². The van der Waals surface area contributed by atoms with Gasteiger partial charge in [-0.15, -0.1) is 0 Å². The molecule has 0 radical (unpaired) electrons. The molecule has 0 fully saturated rings. The van der Waals surface area contributed by atoms with Crippen LogP contribution in [-0.2, 0) is 0 Å². The van der Waals surface area contributed by atoms with E-state index in [1.807, 2.05) is 0 Å². The Morgan fingerprint density at radius 3 is 2.47 bits per heavy atom. The molecule has 102 valence electrons. The predicted molar refractivity (Wildman–Crippen MR) is 65.7 cm³/mol. The number of benzene rings is 1. The van der Waals surface area contributed by atoms with Crippen LogP contribution in [0.2, 0.25) is 0 Å². The van der Waals surface area contributed by atoms with Crippen LogP contribution in [0.15, 0.2) is 36.5 Å². The lowest BCUT2D eigenvalue weighted by molar-refractivity contribution is -0.0922. The van der Waals surface area contributed by atoms with Crippen LogP contribution in [0.25, 0.3) is 10.9 Å². The van der Waals surface area contributed by atoms with E-state index in [4.69, 9.17) is 0 Å². The van der Waals surface area contributed by atoms with E-state index in [-0.39, 0.29) is 5.75 Å². The summed E-state index contributed by atoms with van der Waals surface area (Å²) >= 11 is 3.61. The first kappa shape index (κ1) is 14.2. The van der Waals surface area contributed by atoms with Crippen LogP contribution in [0.5, 0.6) is 5.75 Å². The van der Waals surface area contributed by atoms with E-state index in [1.165, 1.54) is 18.3 Å². The molecule has 0 atom stereocenters. The lowest BCUT2D eigenvalue weighted by atomic mass is 10.2. The van der Waals surface area contributed by atoms with Gasteiger partial charge < -0.3 is 4.18 Å². The van der Waals surface area contributed by atoms with Crippen LogP contribution < -0.4 is 4.18 Å². The molecule has 0 saturated carbocycles. The van der Waals surface area contributed by atoms with Gasteiger partial charge in [-0.25, -0.2) is 0 Å². The van der Waals surface area contributed by atoms with Crippen molar-refractivity contribution in [2.45, 2.75) is 10.6 Å². The smallest absolute Gasteiger partial charge is 0.405 e. The average Bonchev–Trinajstić information content (AvgIpc) is 2.35. The zero-order valence-electron chi connectivity index (χ0n) is 9.12. The number of halogens is 5. The molecule has 2 rings (SSSR count). The lowest BCUT2D eigenvalue weighted by Gasteiger charge is -2.19. The number of fused-ring (bicyclic) bond motifs is 1. The number of hydrogen-bond acceptors (Lipinski definition) is 3. The number of aromatic nitrogens is 1. The van der Waals surface area contributed by atoms with Gasteiger partial charge in [0.1, 0.15) is 17.6 Å². The highest BCUT2D eigenvalue weighted by Gasteiger charge is 2.57. The molecule has 0 N–H and O–H groups in total. The summed E-state index contributed by atoms with van der Waals surface area (Å²) < 4.78 is 55.4. The van der Waals surface area contributed by atoms with Crippen molar-refractivity contribution < 1.29 is 21.7 Å². The number of pyridine rings is 1. The Hall–Kier alpha value is -1.21. The van der Waals surface area contributed by atoms with Crippen LogP contribution in [0.1, 0.15) is 0 Å². The normalized spacial score (nSPS) is 12.7. The minimum absolute atomic E-state index is 0.0382. The molecule has 8 heteroatoms. The highest BCUT2D eigenvalue weighted by Crippen LogP contribution is 2.46. The van der Waals surface area contributed by atoms with Crippen LogP contribution in [0.4, 0.5) is 17.6 Å². The van der Waals surface area contributed by atoms with Crippen molar-refractivity contribution in [3.05, 3.63) is 36.5 Å². The Kier molecular flexibility index (Phi) is 3.78. The number of rotatable bonds is 4. The zero-order valence-corrected chi connectivity index (χ0v) is 10.7. The number of hydrogen-bond donors (Lipinski definition) is 0. The first-order valence-corrected chi connectivity index (χ1v) is 6.07. The predicted octanol–water partition coefficient (Wildman–Crippen LogP) is 4.69. The third kappa shape index (κ3) is 3.03. The molecule has 2 aromatic rings. The molecule has 19 heavy (non-hydrogen) atoms. The molecule has 0 aliphatic heterocycles. The molecular formula is C11H6ClF4NOS. The van der Waals surface area contributed by atoms with Gasteiger partial charge in [-0.05, 0) is 23.7 Å². The summed E-state index contributed by atoms with van der Waals surface area (Å²) in [5, 5.41) is -8.61. The monoisotopic (exact) mass is 311 g/mol. The van der Waals surface area contributed by atoms with Gasteiger partial charge in [-0.3, -0.25) is 4.98 Å². The second kappa shape index (κ2) is 5.05. The fourth-order valence-electron chi connectivity index (χ4n) is 1.29. The molecule has 0 spiro atoms. The van der Waals surface area contributed by atoms with E-state index < -0.39 is 22.7 Å². The second-order valence-corrected chi connectivity index (χ2v) is 4.83. The van der Waals surface area contributed by atoms with Crippen molar-refractivity contribution in [3.63, 3.8) is 0 Å². The van der Waals surface area contributed by atoms with Gasteiger partial charge in [-0.2, -0.15) is 17.6 Å². The van der Waals surface area contributed by atoms with E-state index in [0.717, 1.165) is 0 Å². The van der Waals surface area contributed by atoms with E-state index in [2.05, 4.69) is 20.8 Å². The molecular weight excluding hydrogens is 306 g/mol. The van der Waals surface area contributed by atoms with Crippen LogP contribution in [0, 0.1) is 0 Å². The summed E-state index contributed by atoms with van der Waals surface area (Å²) in [5.41, 5.74) is 0.297. The second-order valence-electron chi connectivity index (χ2n) is 3.51. The summed E-state index contributed by atoms with van der Waals surface area (Å²) in [5.74, 6) is -0.0382. The van der Waals surface area contributed by atoms with Gasteiger partial charge in [0.05, 0.1) is 0 Å². The van der Waals surface area contributed by atoms with Gasteiger partial charge in [-0.1, -0.05) is 18.2 Å². The van der Waals surface area contributed by atoms with Crippen molar-refractivity contribution in [1.82, 2.24) is 4.98 Å². The maximum Gasteiger partial charge on any atom is 0.405 e. The minimum atomic E-state index is -4.70. The van der Waals surface area contributed by atoms with E-state index in [1.54, 1.807) is 18.2 Å². The number of para-hydroxylation sites is 1. The van der Waals surface area contributed by atoms with E-state index in [0.29, 0.717) is 10.9 Å². The van der Waals surface area contributed by atoms with Gasteiger partial charge in [0.15, 0.2) is 5.75 Å². The SMILES string of the molecule is FC(F)(Cl)C(F)(F)SOc1cccc2cccnc12. The molecule has 0 aliphatic rings. The highest BCUT2D eigenvalue weighted by atomic mass is 35.5. The topological polar surface area (TPSA) is 22.1 Å². The van der Waals surface area contributed by atoms with Crippen molar-refractivity contribution in [3.8, 4) is 5.75 Å². The summed E-state index contributed by atoms with van der Waals surface area (Å²) in [4.78, 5) is 3.94. The van der Waals surface area contributed by atoms with Crippen molar-refractivity contribution in [2.75, 3.05) is 0 Å². The molecule has 0 amide bonds. The maximum atomic E-state index is 13.0. The first-order valence-electron chi connectivity index (χ1n) is 4.95. The standard InChI is InChI=1S/C11H6ClF4NOS/c12-10(13,14)11(15,16)19-18-8-5-1-3-7-4-2-6-17-9(7)8/h1-6H. The van der Waals surface area contributed by atoms with Gasteiger partial charge in [0.2, 0.25) is 0 Å². The maximum absolute atomic E-state index is 13.0. The Balaban J connectivity index is 2.23. The van der Waals surface area contributed by atoms with Crippen molar-refractivity contribution in [2.24, 2.45) is 0 Å². The molecule has 0 bridgehead atoms. The minimum Gasteiger partial charge on any atom is -0.417 e. The van der Waals surface area contributed by atoms with E-state index in [9.17, 15) is 17.6 Å². The summed E-state index contributed by atoms with van der Waals surface area (Å²) in [6.45, 7) is 0. The van der Waals surface area contributed by atoms with Crippen LogP contribution >= 0.6 is 23.6 Å². The van der Waals surface area contributed by atoms with E-state index >= 15 is 0 Å². The van der Waals surface area contributed by atoms with Gasteiger partial charge >= 0.3 is 10.6 Å². The molecule has 1 aromatic carbocycles. The largest absolute Gasteiger partial charge is 0.417 e. The molecule has 0 unspecified atom stereocenters. The highest BCUT2D eigenvalue weighted by molar-refractivity contribution is 7.96. The number of alkyl halides is 5. The summed E-state index contributed by atoms with van der Waals surface area (Å²) in [6, 6.07) is 7.92. The van der Waals surface area contributed by atoms with Gasteiger partial charge in [0, 0.05) is 11.6 Å². The van der Waals surface area contributed by atoms with Gasteiger partial charge in [0.25, 0.3) is 0 Å². The number of nitrogens with zero attached hydrogens (tertiary/aromatic N) is 1. The van der Waals surface area contributed by atoms with Crippen molar-refractivity contribution in [1.29, 1.82) is 0 Å². The summed E-state index contributed by atoms with van der Waals surface area (Å²) in [6.07, 6.45) is 1.44. The van der Waals surface area contributed by atoms with Crippen LogP contribution in [0.3, 0.4) is 0 Å². The molecule has 0 aliphatic carbocycles. The Bertz CT molecular complexity index is 585. The third-order valence-corrected chi connectivity index (χ3v) is 3.24. The molecule has 0 saturated heterocycles. The Labute approximate surface area is 114 Å². The van der Waals surface area contributed by atoms with Crippen molar-refractivity contribution >= 4 is 34.5 Å². The first-order chi connectivity index (χ1) is 8.81. The molecule has 1 heterocycles. The zero-order chi connectivity index (χ0) is 14.1.